The average Bonchev–Trinajstić information content (AvgIpc) is 3.41. The fourth-order valence-corrected chi connectivity index (χ4v) is 4.19. The molecular formula is C26H31N7O2. The highest BCUT2D eigenvalue weighted by Crippen LogP contribution is 2.28. The van der Waals surface area contributed by atoms with Crippen LogP contribution in [0.1, 0.15) is 51.3 Å². The van der Waals surface area contributed by atoms with Gasteiger partial charge in [0.05, 0.1) is 25.0 Å². The van der Waals surface area contributed by atoms with Gasteiger partial charge in [0.2, 0.25) is 0 Å². The fraction of sp³-hybridized carbons (Fsp3) is 0.423. The number of aromatic nitrogens is 6. The molecule has 0 N–H and O–H groups in total. The van der Waals surface area contributed by atoms with Gasteiger partial charge in [-0.05, 0) is 63.3 Å². The highest BCUT2D eigenvalue weighted by molar-refractivity contribution is 5.68. The minimum Gasteiger partial charge on any atom is -0.444 e. The molecule has 0 saturated heterocycles. The number of amides is 1. The Balaban J connectivity index is 1.30. The summed E-state index contributed by atoms with van der Waals surface area (Å²) in [4.78, 5) is 23.6. The van der Waals surface area contributed by atoms with Crippen molar-refractivity contribution in [1.29, 1.82) is 0 Å². The first kappa shape index (κ1) is 23.0. The molecule has 4 aromatic rings. The van der Waals surface area contributed by atoms with E-state index in [2.05, 4.69) is 15.3 Å². The van der Waals surface area contributed by atoms with Crippen LogP contribution in [0, 0.1) is 5.92 Å². The van der Waals surface area contributed by atoms with Crippen molar-refractivity contribution in [2.75, 3.05) is 6.54 Å². The third-order valence-corrected chi connectivity index (χ3v) is 6.11. The smallest absolute Gasteiger partial charge is 0.410 e. The Morgan fingerprint density at radius 3 is 2.74 bits per heavy atom. The van der Waals surface area contributed by atoms with E-state index in [0.717, 1.165) is 34.7 Å². The monoisotopic (exact) mass is 473 g/mol. The van der Waals surface area contributed by atoms with Crippen molar-refractivity contribution >= 4 is 11.7 Å². The van der Waals surface area contributed by atoms with E-state index in [0.29, 0.717) is 19.0 Å². The molecule has 1 amide bonds. The van der Waals surface area contributed by atoms with E-state index in [-0.39, 0.29) is 6.09 Å². The van der Waals surface area contributed by atoms with Crippen molar-refractivity contribution in [2.45, 2.75) is 58.7 Å². The summed E-state index contributed by atoms with van der Waals surface area (Å²) in [5.74, 6) is 0.560. The number of hydrogen-bond acceptors (Lipinski definition) is 6. The van der Waals surface area contributed by atoms with Gasteiger partial charge in [-0.25, -0.2) is 14.5 Å². The highest BCUT2D eigenvalue weighted by atomic mass is 16.6. The topological polar surface area (TPSA) is 90.4 Å². The molecule has 9 nitrogen and oxygen atoms in total. The van der Waals surface area contributed by atoms with Gasteiger partial charge in [0.15, 0.2) is 0 Å². The molecule has 0 atom stereocenters. The summed E-state index contributed by atoms with van der Waals surface area (Å²) in [6.45, 7) is 7.46. The molecule has 0 aliphatic heterocycles. The Labute approximate surface area is 204 Å². The molecule has 1 fully saturated rings. The van der Waals surface area contributed by atoms with Gasteiger partial charge in [-0.15, -0.1) is 5.10 Å². The van der Waals surface area contributed by atoms with Crippen LogP contribution >= 0.6 is 0 Å². The molecular weight excluding hydrogens is 442 g/mol. The largest absolute Gasteiger partial charge is 0.444 e. The standard InChI is InChI=1S/C26H31N7O2/c1-26(2,3)35-25(34)32(13-19-6-4-7-19)15-20-9-10-24-28-22(16-31(24)14-20)17-33-18-23(29-30-33)21-8-5-11-27-12-21/h5,8-12,14,16,18-19H,4,6-7,13,15,17H2,1-3H3. The molecule has 1 aliphatic rings. The summed E-state index contributed by atoms with van der Waals surface area (Å²) in [7, 11) is 0. The summed E-state index contributed by atoms with van der Waals surface area (Å²) < 4.78 is 9.45. The van der Waals surface area contributed by atoms with Gasteiger partial charge in [0.25, 0.3) is 0 Å². The number of fused-ring (bicyclic) bond motifs is 1. The molecule has 5 rings (SSSR count). The Bertz CT molecular complexity index is 1300. The summed E-state index contributed by atoms with van der Waals surface area (Å²) in [6, 6.07) is 7.85. The molecule has 4 heterocycles. The number of imidazole rings is 1. The van der Waals surface area contributed by atoms with E-state index in [1.807, 2.05) is 72.9 Å². The first-order valence-corrected chi connectivity index (χ1v) is 12.1. The lowest BCUT2D eigenvalue weighted by Crippen LogP contribution is -2.40. The van der Waals surface area contributed by atoms with E-state index in [9.17, 15) is 4.79 Å². The van der Waals surface area contributed by atoms with Crippen LogP contribution in [0.25, 0.3) is 16.9 Å². The zero-order valence-corrected chi connectivity index (χ0v) is 20.5. The second kappa shape index (κ2) is 9.48. The lowest BCUT2D eigenvalue weighted by atomic mass is 9.85. The predicted molar refractivity (Wildman–Crippen MR) is 132 cm³/mol. The van der Waals surface area contributed by atoms with Crippen LogP contribution in [-0.2, 0) is 17.8 Å². The molecule has 0 aromatic carbocycles. The number of rotatable bonds is 7. The number of carbonyl (C=O) groups excluding carboxylic acids is 1. The second-order valence-corrected chi connectivity index (χ2v) is 10.2. The van der Waals surface area contributed by atoms with Crippen LogP contribution in [0.5, 0.6) is 0 Å². The quantitative estimate of drug-likeness (QED) is 0.390. The van der Waals surface area contributed by atoms with Gasteiger partial charge in [-0.2, -0.15) is 0 Å². The SMILES string of the molecule is CC(C)(C)OC(=O)N(Cc1ccc2nc(Cn3cc(-c4cccnc4)nn3)cn2c1)CC1CCC1. The molecule has 0 bridgehead atoms. The van der Waals surface area contributed by atoms with Crippen LogP contribution in [0.15, 0.2) is 55.2 Å². The number of nitrogens with zero attached hydrogens (tertiary/aromatic N) is 7. The third-order valence-electron chi connectivity index (χ3n) is 6.11. The average molecular weight is 474 g/mol. The van der Waals surface area contributed by atoms with Crippen molar-refractivity contribution in [3.63, 3.8) is 0 Å². The molecule has 0 unspecified atom stereocenters. The Morgan fingerprint density at radius 1 is 1.17 bits per heavy atom. The van der Waals surface area contributed by atoms with Crippen LogP contribution in [0.3, 0.4) is 0 Å². The predicted octanol–water partition coefficient (Wildman–Crippen LogP) is 4.57. The Kier molecular flexibility index (Phi) is 6.23. The van der Waals surface area contributed by atoms with Gasteiger partial charge in [-0.1, -0.05) is 17.7 Å². The molecule has 35 heavy (non-hydrogen) atoms. The zero-order chi connectivity index (χ0) is 24.4. The number of pyridine rings is 2. The molecule has 182 valence electrons. The fourth-order valence-electron chi connectivity index (χ4n) is 4.19. The maximum Gasteiger partial charge on any atom is 0.410 e. The minimum absolute atomic E-state index is 0.258. The third kappa shape index (κ3) is 5.67. The number of hydrogen-bond donors (Lipinski definition) is 0. The van der Waals surface area contributed by atoms with Crippen molar-refractivity contribution in [3.8, 4) is 11.3 Å². The molecule has 0 radical (unpaired) electrons. The maximum atomic E-state index is 12.9. The van der Waals surface area contributed by atoms with Crippen LogP contribution in [0.2, 0.25) is 0 Å². The van der Waals surface area contributed by atoms with Gasteiger partial charge in [-0.3, -0.25) is 4.98 Å². The van der Waals surface area contributed by atoms with E-state index < -0.39 is 5.60 Å². The zero-order valence-electron chi connectivity index (χ0n) is 20.5. The van der Waals surface area contributed by atoms with Gasteiger partial charge < -0.3 is 14.0 Å². The van der Waals surface area contributed by atoms with E-state index in [1.165, 1.54) is 19.3 Å². The summed E-state index contributed by atoms with van der Waals surface area (Å²) in [5.41, 5.74) is 3.94. The molecule has 4 aromatic heterocycles. The summed E-state index contributed by atoms with van der Waals surface area (Å²) in [6.07, 6.45) is 12.8. The van der Waals surface area contributed by atoms with E-state index in [1.54, 1.807) is 17.1 Å². The minimum atomic E-state index is -0.517. The van der Waals surface area contributed by atoms with E-state index in [4.69, 9.17) is 9.72 Å². The van der Waals surface area contributed by atoms with Gasteiger partial charge >= 0.3 is 6.09 Å². The first-order chi connectivity index (χ1) is 16.8. The highest BCUT2D eigenvalue weighted by Gasteiger charge is 2.27. The summed E-state index contributed by atoms with van der Waals surface area (Å²) >= 11 is 0. The second-order valence-electron chi connectivity index (χ2n) is 10.2. The first-order valence-electron chi connectivity index (χ1n) is 12.1. The van der Waals surface area contributed by atoms with Crippen molar-refractivity contribution in [2.24, 2.45) is 5.92 Å². The van der Waals surface area contributed by atoms with Crippen molar-refractivity contribution < 1.29 is 9.53 Å². The lowest BCUT2D eigenvalue weighted by molar-refractivity contribution is 0.0173. The van der Waals surface area contributed by atoms with E-state index >= 15 is 0 Å². The summed E-state index contributed by atoms with van der Waals surface area (Å²) in [5, 5.41) is 8.49. The van der Waals surface area contributed by atoms with Crippen LogP contribution < -0.4 is 0 Å². The molecule has 0 spiro atoms. The van der Waals surface area contributed by atoms with Crippen LogP contribution in [0.4, 0.5) is 4.79 Å². The van der Waals surface area contributed by atoms with Crippen molar-refractivity contribution in [3.05, 3.63) is 66.5 Å². The number of ether oxygens (including phenoxy) is 1. The van der Waals surface area contributed by atoms with Gasteiger partial charge in [0, 0.05) is 36.9 Å². The number of carbonyl (C=O) groups is 1. The van der Waals surface area contributed by atoms with Gasteiger partial charge in [0.1, 0.15) is 16.9 Å². The Morgan fingerprint density at radius 2 is 2.03 bits per heavy atom. The molecule has 1 aliphatic carbocycles. The normalized spacial score (nSPS) is 14.1. The van der Waals surface area contributed by atoms with Crippen molar-refractivity contribution in [1.82, 2.24) is 34.3 Å². The van der Waals surface area contributed by atoms with Crippen LogP contribution in [-0.4, -0.2) is 52.5 Å². The lowest BCUT2D eigenvalue weighted by Gasteiger charge is -2.33. The molecule has 9 heteroatoms. The Hall–Kier alpha value is -3.75. The maximum absolute atomic E-state index is 12.9. The molecule has 1 saturated carbocycles.